The fourth-order valence-electron chi connectivity index (χ4n) is 2.94. The molecule has 1 saturated carbocycles. The van der Waals surface area contributed by atoms with Gasteiger partial charge in [0.15, 0.2) is 0 Å². The Kier molecular flexibility index (Phi) is 8.12. The zero-order chi connectivity index (χ0) is 17.2. The molecular weight excluding hydrogens is 322 g/mol. The number of thioether (sulfide) groups is 1. The minimum Gasteiger partial charge on any atom is -0.369 e. The maximum absolute atomic E-state index is 12.2. The Morgan fingerprint density at radius 1 is 1.08 bits per heavy atom. The maximum Gasteiger partial charge on any atom is 0.238 e. The molecule has 4 N–H and O–H groups in total. The van der Waals surface area contributed by atoms with Crippen LogP contribution in [0, 0.1) is 0 Å². The van der Waals surface area contributed by atoms with Crippen molar-refractivity contribution in [3.8, 4) is 0 Å². The van der Waals surface area contributed by atoms with Crippen molar-refractivity contribution in [1.82, 2.24) is 5.32 Å². The Labute approximate surface area is 148 Å². The molecule has 0 bridgehead atoms. The molecule has 0 aromatic heterocycles. The Morgan fingerprint density at radius 2 is 1.75 bits per heavy atom. The third-order valence-corrected chi connectivity index (χ3v) is 5.28. The van der Waals surface area contributed by atoms with Gasteiger partial charge in [0.05, 0.1) is 18.0 Å². The fourth-order valence-corrected chi connectivity index (χ4v) is 3.68. The Hall–Kier alpha value is -1.53. The molecule has 132 valence electrons. The first kappa shape index (κ1) is 18.8. The number of benzene rings is 1. The van der Waals surface area contributed by atoms with Crippen LogP contribution in [0.3, 0.4) is 0 Å². The molecule has 0 spiro atoms. The number of primary amides is 1. The molecule has 1 aromatic carbocycles. The summed E-state index contributed by atoms with van der Waals surface area (Å²) in [6.45, 7) is 0.319. The number of para-hydroxylation sites is 1. The first-order chi connectivity index (χ1) is 11.6. The van der Waals surface area contributed by atoms with Gasteiger partial charge in [-0.15, -0.1) is 11.8 Å². The maximum atomic E-state index is 12.2. The van der Waals surface area contributed by atoms with E-state index in [1.165, 1.54) is 43.9 Å². The highest BCUT2D eigenvalue weighted by atomic mass is 32.2. The van der Waals surface area contributed by atoms with Crippen molar-refractivity contribution in [1.29, 1.82) is 0 Å². The summed E-state index contributed by atoms with van der Waals surface area (Å²) >= 11 is 1.34. The van der Waals surface area contributed by atoms with Gasteiger partial charge in [0, 0.05) is 10.9 Å². The average Bonchev–Trinajstić information content (AvgIpc) is 2.53. The number of hydrogen-bond donors (Lipinski definition) is 3. The second-order valence-corrected chi connectivity index (χ2v) is 7.24. The van der Waals surface area contributed by atoms with Gasteiger partial charge in [0.25, 0.3) is 0 Å². The number of amides is 2. The van der Waals surface area contributed by atoms with Crippen molar-refractivity contribution in [2.24, 2.45) is 5.73 Å². The van der Waals surface area contributed by atoms with E-state index in [1.807, 2.05) is 24.3 Å². The lowest BCUT2D eigenvalue weighted by Crippen LogP contribution is -2.36. The summed E-state index contributed by atoms with van der Waals surface area (Å²) in [5.74, 6) is -0.219. The van der Waals surface area contributed by atoms with Crippen molar-refractivity contribution >= 4 is 29.3 Å². The number of anilines is 1. The first-order valence-electron chi connectivity index (χ1n) is 8.68. The molecular formula is C18H27N3O2S. The topological polar surface area (TPSA) is 84.2 Å². The molecule has 5 nitrogen and oxygen atoms in total. The Morgan fingerprint density at radius 3 is 2.46 bits per heavy atom. The van der Waals surface area contributed by atoms with Gasteiger partial charge in [-0.1, -0.05) is 44.2 Å². The Bertz CT molecular complexity index is 543. The lowest BCUT2D eigenvalue weighted by Gasteiger charge is -2.21. The predicted molar refractivity (Wildman–Crippen MR) is 99.1 cm³/mol. The van der Waals surface area contributed by atoms with Gasteiger partial charge in [-0.05, 0) is 25.0 Å². The van der Waals surface area contributed by atoms with Crippen molar-refractivity contribution in [2.45, 2.75) is 55.9 Å². The Balaban J connectivity index is 1.82. The van der Waals surface area contributed by atoms with E-state index in [0.29, 0.717) is 12.6 Å². The van der Waals surface area contributed by atoms with Crippen LogP contribution in [0.2, 0.25) is 0 Å². The summed E-state index contributed by atoms with van der Waals surface area (Å²) in [6, 6.07) is 7.91. The number of rotatable bonds is 7. The number of hydrogen-bond acceptors (Lipinski definition) is 4. The SMILES string of the molecule is NC(=O)CSc1ccccc1NC(=O)CNC1CCCCCCC1. The van der Waals surface area contributed by atoms with Crippen molar-refractivity contribution < 1.29 is 9.59 Å². The van der Waals surface area contributed by atoms with Gasteiger partial charge in [-0.25, -0.2) is 0 Å². The first-order valence-corrected chi connectivity index (χ1v) is 9.67. The molecule has 0 saturated heterocycles. The highest BCUT2D eigenvalue weighted by Crippen LogP contribution is 2.26. The lowest BCUT2D eigenvalue weighted by atomic mass is 9.97. The summed E-state index contributed by atoms with van der Waals surface area (Å²) in [4.78, 5) is 24.0. The molecule has 24 heavy (non-hydrogen) atoms. The minimum absolute atomic E-state index is 0.0517. The molecule has 0 unspecified atom stereocenters. The third kappa shape index (κ3) is 6.93. The van der Waals surface area contributed by atoms with E-state index in [9.17, 15) is 9.59 Å². The van der Waals surface area contributed by atoms with Gasteiger partial charge < -0.3 is 16.4 Å². The summed E-state index contributed by atoms with van der Waals surface area (Å²) in [6.07, 6.45) is 8.73. The van der Waals surface area contributed by atoms with Crippen LogP contribution in [0.1, 0.15) is 44.9 Å². The number of nitrogens with two attached hydrogens (primary N) is 1. The van der Waals surface area contributed by atoms with Crippen molar-refractivity contribution in [3.63, 3.8) is 0 Å². The van der Waals surface area contributed by atoms with E-state index >= 15 is 0 Å². The fraction of sp³-hybridized carbons (Fsp3) is 0.556. The highest BCUT2D eigenvalue weighted by molar-refractivity contribution is 8.00. The van der Waals surface area contributed by atoms with E-state index in [0.717, 1.165) is 23.4 Å². The smallest absolute Gasteiger partial charge is 0.238 e. The number of nitrogens with one attached hydrogen (secondary N) is 2. The molecule has 6 heteroatoms. The molecule has 2 rings (SSSR count). The van der Waals surface area contributed by atoms with E-state index in [-0.39, 0.29) is 17.6 Å². The van der Waals surface area contributed by atoms with Crippen LogP contribution < -0.4 is 16.4 Å². The monoisotopic (exact) mass is 349 g/mol. The van der Waals surface area contributed by atoms with Crippen LogP contribution in [0.5, 0.6) is 0 Å². The standard InChI is InChI=1S/C18H27N3O2S/c19-17(22)13-24-16-11-7-6-10-15(16)21-18(23)12-20-14-8-4-2-1-3-5-9-14/h6-7,10-11,14,20H,1-5,8-9,12-13H2,(H2,19,22)(H,21,23). The lowest BCUT2D eigenvalue weighted by molar-refractivity contribution is -0.116. The van der Waals surface area contributed by atoms with Crippen molar-refractivity contribution in [3.05, 3.63) is 24.3 Å². The average molecular weight is 350 g/mol. The van der Waals surface area contributed by atoms with Gasteiger partial charge in [0.1, 0.15) is 0 Å². The van der Waals surface area contributed by atoms with Gasteiger partial charge in [-0.3, -0.25) is 9.59 Å². The van der Waals surface area contributed by atoms with Gasteiger partial charge in [-0.2, -0.15) is 0 Å². The second kappa shape index (κ2) is 10.4. The van der Waals surface area contributed by atoms with Crippen LogP contribution in [0.25, 0.3) is 0 Å². The van der Waals surface area contributed by atoms with Crippen LogP contribution in [0.4, 0.5) is 5.69 Å². The summed E-state index contributed by atoms with van der Waals surface area (Å²) in [5, 5.41) is 6.31. The van der Waals surface area contributed by atoms with E-state index < -0.39 is 0 Å². The molecule has 0 radical (unpaired) electrons. The van der Waals surface area contributed by atoms with E-state index in [4.69, 9.17) is 5.73 Å². The normalized spacial score (nSPS) is 16.2. The quantitative estimate of drug-likeness (QED) is 0.661. The number of carbonyl (C=O) groups excluding carboxylic acids is 2. The third-order valence-electron chi connectivity index (χ3n) is 4.19. The van der Waals surface area contributed by atoms with E-state index in [1.54, 1.807) is 0 Å². The molecule has 1 fully saturated rings. The molecule has 2 amide bonds. The molecule has 1 aliphatic carbocycles. The molecule has 1 aliphatic rings. The van der Waals surface area contributed by atoms with Gasteiger partial charge >= 0.3 is 0 Å². The van der Waals surface area contributed by atoms with Crippen LogP contribution in [-0.4, -0.2) is 30.2 Å². The molecule has 0 heterocycles. The summed E-state index contributed by atoms with van der Waals surface area (Å²) in [7, 11) is 0. The highest BCUT2D eigenvalue weighted by Gasteiger charge is 2.13. The van der Waals surface area contributed by atoms with Crippen LogP contribution in [-0.2, 0) is 9.59 Å². The van der Waals surface area contributed by atoms with Gasteiger partial charge in [0.2, 0.25) is 11.8 Å². The van der Waals surface area contributed by atoms with Crippen molar-refractivity contribution in [2.75, 3.05) is 17.6 Å². The minimum atomic E-state index is -0.368. The zero-order valence-corrected chi connectivity index (χ0v) is 14.9. The molecule has 0 atom stereocenters. The zero-order valence-electron chi connectivity index (χ0n) is 14.1. The largest absolute Gasteiger partial charge is 0.369 e. The molecule has 0 aliphatic heterocycles. The number of carbonyl (C=O) groups is 2. The predicted octanol–water partition coefficient (Wildman–Crippen LogP) is 2.91. The molecule has 1 aromatic rings. The second-order valence-electron chi connectivity index (χ2n) is 6.22. The van der Waals surface area contributed by atoms with E-state index in [2.05, 4.69) is 10.6 Å². The van der Waals surface area contributed by atoms with Crippen LogP contribution in [0.15, 0.2) is 29.2 Å². The van der Waals surface area contributed by atoms with Crippen LogP contribution >= 0.6 is 11.8 Å². The summed E-state index contributed by atoms with van der Waals surface area (Å²) in [5.41, 5.74) is 5.92. The summed E-state index contributed by atoms with van der Waals surface area (Å²) < 4.78 is 0.